The van der Waals surface area contributed by atoms with E-state index in [9.17, 15) is 15.0 Å². The number of ether oxygens (including phenoxy) is 2. The van der Waals surface area contributed by atoms with Crippen LogP contribution in [0.4, 0.5) is 5.82 Å². The van der Waals surface area contributed by atoms with E-state index < -0.39 is 50.1 Å². The van der Waals surface area contributed by atoms with Crippen molar-refractivity contribution in [1.29, 1.82) is 0 Å². The third-order valence-corrected chi connectivity index (χ3v) is 5.73. The van der Waals surface area contributed by atoms with Crippen LogP contribution >= 0.6 is 24.8 Å². The molecule has 2 aromatic heterocycles. The number of imidazole rings is 1. The number of nitrogens with one attached hydrogen (secondary N) is 1. The lowest BCUT2D eigenvalue weighted by Gasteiger charge is -2.23. The molecule has 1 saturated heterocycles. The molecule has 1 aliphatic heterocycles. The normalized spacial score (nSPS) is 23.4. The van der Waals surface area contributed by atoms with E-state index in [0.29, 0.717) is 22.5 Å². The first-order chi connectivity index (χ1) is 17.5. The number of nitrogens with two attached hydrogens (primary N) is 1. The number of rotatable bonds is 8. The molecule has 0 radical (unpaired) electrons. The molecule has 5 atom stereocenters. The van der Waals surface area contributed by atoms with E-state index >= 15 is 0 Å². The van der Waals surface area contributed by atoms with Crippen LogP contribution in [-0.2, 0) is 16.0 Å². The van der Waals surface area contributed by atoms with Gasteiger partial charge in [-0.3, -0.25) is 9.36 Å². The highest BCUT2D eigenvalue weighted by Gasteiger charge is 2.46. The summed E-state index contributed by atoms with van der Waals surface area (Å²) in [5.41, 5.74) is 7.71. The molecule has 198 valence electrons. The van der Waals surface area contributed by atoms with Gasteiger partial charge in [0.15, 0.2) is 23.2 Å². The van der Waals surface area contributed by atoms with Crippen LogP contribution in [-0.4, -0.2) is 87.7 Å². The van der Waals surface area contributed by atoms with Crippen molar-refractivity contribution in [3.05, 3.63) is 42.5 Å². The monoisotopic (exact) mass is 546 g/mol. The number of halogens is 2. The molecule has 1 aliphatic rings. The molecule has 1 amide bonds. The second kappa shape index (κ2) is 12.5. The Kier molecular flexibility index (Phi) is 8.64. The molecule has 3 aromatic rings. The lowest BCUT2D eigenvalue weighted by Crippen LogP contribution is -2.53. The lowest BCUT2D eigenvalue weighted by atomic mass is 10.0. The predicted octanol–water partition coefficient (Wildman–Crippen LogP) is 0.0499. The van der Waals surface area contributed by atoms with Gasteiger partial charge in [0.1, 0.15) is 24.3 Å². The first-order valence-electron chi connectivity index (χ1n) is 12.1. The summed E-state index contributed by atoms with van der Waals surface area (Å²) >= 11 is 0. The van der Waals surface area contributed by atoms with Crippen LogP contribution in [0.15, 0.2) is 36.9 Å². The van der Waals surface area contributed by atoms with E-state index in [1.165, 1.54) is 29.4 Å². The number of fused-ring (bicyclic) bond motifs is 1. The number of anilines is 1. The minimum absolute atomic E-state index is 0. The van der Waals surface area contributed by atoms with Crippen molar-refractivity contribution >= 4 is 47.7 Å². The second-order valence-electron chi connectivity index (χ2n) is 8.25. The average Bonchev–Trinajstić information content (AvgIpc) is 3.40. The van der Waals surface area contributed by atoms with Crippen molar-refractivity contribution in [3.8, 4) is 5.75 Å². The molecular formula is C22H31Cl2N7O5. The molecular weight excluding hydrogens is 513 g/mol. The van der Waals surface area contributed by atoms with E-state index in [1.807, 2.05) is 14.1 Å². The van der Waals surface area contributed by atoms with Crippen LogP contribution < -0.4 is 20.7 Å². The highest BCUT2D eigenvalue weighted by atomic mass is 35.5. The Morgan fingerprint density at radius 3 is 2.67 bits per heavy atom. The fourth-order valence-corrected chi connectivity index (χ4v) is 3.97. The molecule has 0 spiro atoms. The van der Waals surface area contributed by atoms with Gasteiger partial charge >= 0.3 is 0 Å². The zero-order chi connectivity index (χ0) is 26.9. The first-order valence-corrected chi connectivity index (χ1v) is 10.6. The Balaban J connectivity index is 0.00000267. The Morgan fingerprint density at radius 2 is 2.03 bits per heavy atom. The fraction of sp³-hybridized carbons (Fsp3) is 0.455. The molecule has 36 heavy (non-hydrogen) atoms. The number of nitrogens with zero attached hydrogens (tertiary/aromatic N) is 5. The van der Waals surface area contributed by atoms with E-state index in [-0.39, 0.29) is 37.0 Å². The van der Waals surface area contributed by atoms with Gasteiger partial charge < -0.3 is 35.6 Å². The Labute approximate surface area is 224 Å². The van der Waals surface area contributed by atoms with Crippen molar-refractivity contribution in [2.24, 2.45) is 5.73 Å². The Hall–Kier alpha value is -2.74. The highest BCUT2D eigenvalue weighted by molar-refractivity contribution is 5.86. The van der Waals surface area contributed by atoms with Gasteiger partial charge in [0.05, 0.1) is 36.2 Å². The van der Waals surface area contributed by atoms with Gasteiger partial charge in [-0.15, -0.1) is 24.8 Å². The number of carbonyl (C=O) groups excluding carboxylic acids is 1. The van der Waals surface area contributed by atoms with Gasteiger partial charge in [0, 0.05) is 14.1 Å². The van der Waals surface area contributed by atoms with Crippen molar-refractivity contribution in [2.45, 2.75) is 36.9 Å². The second-order valence-corrected chi connectivity index (χ2v) is 8.25. The smallest absolute Gasteiger partial charge is 0.237 e. The number of aliphatic hydroxyl groups excluding tert-OH is 2. The highest BCUT2D eigenvalue weighted by Crippen LogP contribution is 2.32. The number of benzene rings is 1. The quantitative estimate of drug-likeness (QED) is 0.303. The number of aliphatic hydroxyl groups is 2. The largest absolute Gasteiger partial charge is 0.497 e. The van der Waals surface area contributed by atoms with Crippen LogP contribution in [0.25, 0.3) is 11.2 Å². The number of hydrogen-bond acceptors (Lipinski definition) is 10. The van der Waals surface area contributed by atoms with Gasteiger partial charge in [-0.1, -0.05) is 12.1 Å². The molecule has 0 unspecified atom stereocenters. The molecule has 0 aliphatic carbocycles. The zero-order valence-electron chi connectivity index (χ0n) is 22.5. The first kappa shape index (κ1) is 24.9. The number of carbonyl (C=O) groups is 1. The summed E-state index contributed by atoms with van der Waals surface area (Å²) in [6.07, 6.45) is -0.128. The van der Waals surface area contributed by atoms with E-state index in [1.54, 1.807) is 17.0 Å². The summed E-state index contributed by atoms with van der Waals surface area (Å²) in [5, 5.41) is 23.6. The molecule has 0 saturated carbocycles. The maximum Gasteiger partial charge on any atom is 0.237 e. The number of methoxy groups -OCH3 is 1. The Bertz CT molecular complexity index is 1250. The summed E-state index contributed by atoms with van der Waals surface area (Å²) in [6, 6.07) is 4.26. The maximum atomic E-state index is 12.9. The van der Waals surface area contributed by atoms with Crippen molar-refractivity contribution < 1.29 is 28.6 Å². The maximum absolute atomic E-state index is 12.9. The van der Waals surface area contributed by atoms with Gasteiger partial charge in [0.25, 0.3) is 0 Å². The lowest BCUT2D eigenvalue weighted by molar-refractivity contribution is -0.124. The third kappa shape index (κ3) is 5.80. The molecule has 3 heterocycles. The van der Waals surface area contributed by atoms with Crippen molar-refractivity contribution in [2.75, 3.05) is 32.6 Å². The number of hydrogen-bond donors (Lipinski definition) is 4. The van der Waals surface area contributed by atoms with Crippen LogP contribution in [0, 0.1) is 0 Å². The summed E-state index contributed by atoms with van der Waals surface area (Å²) in [5.74, 6) is 0.200. The zero-order valence-corrected chi connectivity index (χ0v) is 21.1. The third-order valence-electron chi connectivity index (χ3n) is 5.73. The minimum Gasteiger partial charge on any atom is -0.497 e. The van der Waals surface area contributed by atoms with Crippen LogP contribution in [0.2, 0.25) is 0 Å². The molecule has 0 bridgehead atoms. The molecule has 4 rings (SSSR count). The standard InChI is InChI=1S/C22H29N7O5.2ClH/c1-28(2)19-17-20(25-10-24-19)29(11-26-17)22-18(31)16(15(9-30)34-22)27-21(32)14(23)8-12-4-6-13(33-3)7-5-12;;/h4-7,10-11,14-16,18,22,30-31H,8-9,23H2,1-3H3,(H,27,32);2*1H/t14-,15+,16+,18+,22+;;/m0../s1/i3D3;;. The number of amides is 1. The molecule has 1 aromatic carbocycles. The van der Waals surface area contributed by atoms with Gasteiger partial charge in [-0.05, 0) is 24.1 Å². The van der Waals surface area contributed by atoms with Crippen LogP contribution in [0.1, 0.15) is 15.9 Å². The van der Waals surface area contributed by atoms with Crippen LogP contribution in [0.5, 0.6) is 5.75 Å². The Morgan fingerprint density at radius 1 is 1.31 bits per heavy atom. The van der Waals surface area contributed by atoms with Crippen molar-refractivity contribution in [3.63, 3.8) is 0 Å². The topological polar surface area (TPSA) is 161 Å². The summed E-state index contributed by atoms with van der Waals surface area (Å²) < 4.78 is 33.7. The van der Waals surface area contributed by atoms with Gasteiger partial charge in [0.2, 0.25) is 5.91 Å². The average molecular weight is 547 g/mol. The molecule has 14 heteroatoms. The molecule has 5 N–H and O–H groups in total. The summed E-state index contributed by atoms with van der Waals surface area (Å²) in [7, 11) is 1.07. The SMILES string of the molecule is Cl.Cl.[2H]C([2H])([2H])Oc1ccc(C[C@H](N)C(=O)N[C@H]2[C@@H](O)[C@H](n3cnc4c(N(C)C)ncnc43)O[C@@H]2CO)cc1. The van der Waals surface area contributed by atoms with Gasteiger partial charge in [-0.25, -0.2) is 15.0 Å². The predicted molar refractivity (Wildman–Crippen MR) is 138 cm³/mol. The van der Waals surface area contributed by atoms with Crippen molar-refractivity contribution in [1.82, 2.24) is 24.8 Å². The number of aromatic nitrogens is 4. The fourth-order valence-electron chi connectivity index (χ4n) is 3.97. The summed E-state index contributed by atoms with van der Waals surface area (Å²) in [6.45, 7) is -0.455. The van der Waals surface area contributed by atoms with Crippen LogP contribution in [0.3, 0.4) is 0 Å². The van der Waals surface area contributed by atoms with Gasteiger partial charge in [-0.2, -0.15) is 0 Å². The minimum atomic E-state index is -2.56. The van der Waals surface area contributed by atoms with E-state index in [4.69, 9.17) is 19.3 Å². The van der Waals surface area contributed by atoms with E-state index in [2.05, 4.69) is 20.3 Å². The molecule has 12 nitrogen and oxygen atoms in total. The summed E-state index contributed by atoms with van der Waals surface area (Å²) in [4.78, 5) is 27.5. The molecule has 1 fully saturated rings. The van der Waals surface area contributed by atoms with E-state index in [0.717, 1.165) is 0 Å².